The molecule has 0 atom stereocenters. The van der Waals surface area contributed by atoms with E-state index < -0.39 is 41.6 Å². The second-order valence-corrected chi connectivity index (χ2v) is 19.7. The van der Waals surface area contributed by atoms with Crippen LogP contribution in [0.5, 0.6) is 0 Å². The molecule has 0 unspecified atom stereocenters. The number of thiazole rings is 1. The number of benzene rings is 2. The smallest absolute Gasteiger partial charge is 0.303 e. The van der Waals surface area contributed by atoms with Crippen LogP contribution in [0.25, 0.3) is 16.3 Å². The maximum absolute atomic E-state index is 13.5. The molecule has 284 valence electrons. The number of fused-ring (bicyclic) bond motifs is 2. The van der Waals surface area contributed by atoms with Crippen molar-refractivity contribution in [1.82, 2.24) is 4.31 Å². The number of aryl methyl sites for hydroxylation is 1. The van der Waals surface area contributed by atoms with Crippen LogP contribution in [0.3, 0.4) is 0 Å². The Morgan fingerprint density at radius 3 is 2.29 bits per heavy atom. The first-order valence-electron chi connectivity index (χ1n) is 17.3. The van der Waals surface area contributed by atoms with E-state index in [1.165, 1.54) is 27.8 Å². The molecule has 0 radical (unpaired) electrons. The Morgan fingerprint density at radius 2 is 1.62 bits per heavy atom. The highest BCUT2D eigenvalue weighted by Gasteiger charge is 2.40. The van der Waals surface area contributed by atoms with Gasteiger partial charge < -0.3 is 10.0 Å². The number of piperidine rings is 1. The summed E-state index contributed by atoms with van der Waals surface area (Å²) >= 11 is 1.40. The van der Waals surface area contributed by atoms with E-state index in [4.69, 9.17) is 5.11 Å². The Kier molecular flexibility index (Phi) is 12.3. The maximum atomic E-state index is 13.5. The van der Waals surface area contributed by atoms with Crippen molar-refractivity contribution in [3.63, 3.8) is 0 Å². The van der Waals surface area contributed by atoms with Gasteiger partial charge in [0.1, 0.15) is 4.70 Å². The van der Waals surface area contributed by atoms with Gasteiger partial charge in [-0.05, 0) is 74.1 Å². The van der Waals surface area contributed by atoms with Crippen LogP contribution < -0.4 is 9.47 Å². The van der Waals surface area contributed by atoms with E-state index in [2.05, 4.69) is 4.90 Å². The summed E-state index contributed by atoms with van der Waals surface area (Å²) in [4.78, 5) is 13.1. The molecule has 0 saturated carbocycles. The Hall–Kier alpha value is -3.19. The van der Waals surface area contributed by atoms with Crippen LogP contribution in [0.4, 0.5) is 5.69 Å². The lowest BCUT2D eigenvalue weighted by Crippen LogP contribution is -2.36. The number of allylic oxidation sites excluding steroid dienone is 3. The molecule has 0 amide bonds. The van der Waals surface area contributed by atoms with E-state index in [0.717, 1.165) is 45.9 Å². The van der Waals surface area contributed by atoms with Gasteiger partial charge in [0.25, 0.3) is 25.2 Å². The molecule has 3 heterocycles. The van der Waals surface area contributed by atoms with Crippen LogP contribution in [0.2, 0.25) is 0 Å². The van der Waals surface area contributed by atoms with Crippen LogP contribution >= 0.6 is 11.3 Å². The van der Waals surface area contributed by atoms with Gasteiger partial charge in [-0.25, -0.2) is 8.42 Å². The topological polar surface area (TPSA) is 191 Å². The molecule has 2 aliphatic rings. The molecular weight excluding hydrogens is 751 g/mol. The van der Waals surface area contributed by atoms with E-state index in [0.29, 0.717) is 57.4 Å². The normalized spacial score (nSPS) is 17.8. The zero-order valence-corrected chi connectivity index (χ0v) is 32.5. The number of nitrogens with zero attached hydrogens (tertiary/aromatic N) is 3. The molecule has 13 nitrogen and oxygen atoms in total. The number of unbranched alkanes of at least 4 members (excludes halogenated alkanes) is 3. The van der Waals surface area contributed by atoms with Gasteiger partial charge in [-0.1, -0.05) is 44.1 Å². The van der Waals surface area contributed by atoms with Gasteiger partial charge in [0, 0.05) is 61.4 Å². The molecule has 17 heteroatoms. The first-order valence-corrected chi connectivity index (χ1v) is 22.6. The quantitative estimate of drug-likeness (QED) is 0.0927. The first-order chi connectivity index (χ1) is 24.4. The maximum Gasteiger partial charge on any atom is 0.303 e. The number of rotatable bonds is 16. The number of carboxylic acid groups (broad SMARTS) is 1. The zero-order valence-electron chi connectivity index (χ0n) is 29.3. The van der Waals surface area contributed by atoms with Gasteiger partial charge in [0.15, 0.2) is 6.54 Å². The number of aliphatic carboxylic acids is 1. The van der Waals surface area contributed by atoms with Crippen molar-refractivity contribution in [2.45, 2.75) is 93.4 Å². The van der Waals surface area contributed by atoms with E-state index in [1.54, 1.807) is 24.3 Å². The van der Waals surface area contributed by atoms with Gasteiger partial charge in [0.05, 0.1) is 15.5 Å². The molecule has 52 heavy (non-hydrogen) atoms. The summed E-state index contributed by atoms with van der Waals surface area (Å²) in [7, 11) is -12.2. The second kappa shape index (κ2) is 16.0. The average Bonchev–Trinajstić information content (AvgIpc) is 3.52. The number of carbonyl (C=O) groups is 1. The van der Waals surface area contributed by atoms with E-state index >= 15 is 0 Å². The summed E-state index contributed by atoms with van der Waals surface area (Å²) < 4.78 is 97.0. The highest BCUT2D eigenvalue weighted by Crippen LogP contribution is 2.48. The Labute approximate surface area is 309 Å². The highest BCUT2D eigenvalue weighted by molar-refractivity contribution is 7.89. The van der Waals surface area contributed by atoms with E-state index in [9.17, 15) is 39.2 Å². The molecule has 2 aromatic carbocycles. The van der Waals surface area contributed by atoms with Crippen molar-refractivity contribution in [2.75, 3.05) is 30.3 Å². The fourth-order valence-corrected chi connectivity index (χ4v) is 10.7. The minimum absolute atomic E-state index is 0.0713. The fraction of sp³-hybridized carbons (Fsp3) is 0.486. The summed E-state index contributed by atoms with van der Waals surface area (Å²) in [5.41, 5.74) is 2.47. The average molecular weight is 797 g/mol. The Morgan fingerprint density at radius 1 is 0.904 bits per heavy atom. The summed E-state index contributed by atoms with van der Waals surface area (Å²) in [5, 5.41) is 9.83. The highest BCUT2D eigenvalue weighted by atomic mass is 32.2. The molecule has 3 N–H and O–H groups in total. The van der Waals surface area contributed by atoms with E-state index in [1.807, 2.05) is 36.6 Å². The molecule has 0 bridgehead atoms. The van der Waals surface area contributed by atoms with Crippen LogP contribution in [0.15, 0.2) is 64.0 Å². The Bertz CT molecular complexity index is 2200. The lowest BCUT2D eigenvalue weighted by atomic mass is 9.83. The molecule has 0 spiro atoms. The van der Waals surface area contributed by atoms with Crippen molar-refractivity contribution in [1.29, 1.82) is 0 Å². The van der Waals surface area contributed by atoms with Gasteiger partial charge in [-0.2, -0.15) is 25.7 Å². The molecule has 0 aliphatic carbocycles. The third kappa shape index (κ3) is 9.29. The van der Waals surface area contributed by atoms with Gasteiger partial charge in [0.2, 0.25) is 15.5 Å². The van der Waals surface area contributed by atoms with Crippen molar-refractivity contribution in [2.24, 2.45) is 0 Å². The zero-order chi connectivity index (χ0) is 37.9. The number of hydrogen-bond donors (Lipinski definition) is 3. The standard InChI is InChI=1S/C35H45N3O10S4/c1-35(2)28-24-27(52(46,47)48)16-17-29(28)37(21-8-3-5-14-34(39)40)32(35)12-11-13-33-38(22-9-10-23-50(41,42)43)30-18-15-26(25-31(30)49-33)51(44,45)36-19-6-4-7-20-36/h11-13,15-18,24-25H,3-10,14,19-23H2,1-2H3,(H2-,39,40,41,42,43,46,47,48)/p+1. The second-order valence-electron chi connectivity index (χ2n) is 13.7. The largest absolute Gasteiger partial charge is 0.481 e. The summed E-state index contributed by atoms with van der Waals surface area (Å²) in [6.45, 7) is 5.86. The van der Waals surface area contributed by atoms with E-state index in [-0.39, 0.29) is 28.4 Å². The van der Waals surface area contributed by atoms with Gasteiger partial charge in [-0.15, -0.1) is 0 Å². The number of anilines is 1. The third-order valence-corrected chi connectivity index (χ3v) is 14.3. The number of aromatic nitrogens is 1. The van der Waals surface area contributed by atoms with Crippen molar-refractivity contribution in [3.8, 4) is 0 Å². The van der Waals surface area contributed by atoms with Crippen molar-refractivity contribution >= 4 is 69.5 Å². The van der Waals surface area contributed by atoms with Crippen LogP contribution in [0.1, 0.15) is 82.2 Å². The summed E-state index contributed by atoms with van der Waals surface area (Å²) in [6, 6.07) is 9.58. The van der Waals surface area contributed by atoms with Crippen LogP contribution in [0, 0.1) is 0 Å². The third-order valence-electron chi connectivity index (χ3n) is 9.62. The molecule has 1 aromatic heterocycles. The van der Waals surface area contributed by atoms with Crippen LogP contribution in [-0.2, 0) is 47.0 Å². The van der Waals surface area contributed by atoms with Crippen molar-refractivity contribution < 1.29 is 48.8 Å². The minimum atomic E-state index is -4.45. The Balaban J connectivity index is 1.51. The lowest BCUT2D eigenvalue weighted by Gasteiger charge is -2.27. The lowest BCUT2D eigenvalue weighted by molar-refractivity contribution is -0.669. The van der Waals surface area contributed by atoms with Crippen LogP contribution in [-0.4, -0.2) is 75.1 Å². The number of carboxylic acids is 1. The van der Waals surface area contributed by atoms with Gasteiger partial charge >= 0.3 is 5.97 Å². The number of hydrogen-bond acceptors (Lipinski definition) is 9. The van der Waals surface area contributed by atoms with Gasteiger partial charge in [-0.3, -0.25) is 13.9 Å². The fourth-order valence-electron chi connectivity index (χ4n) is 6.91. The number of sulfonamides is 1. The first kappa shape index (κ1) is 40.0. The molecule has 1 fully saturated rings. The minimum Gasteiger partial charge on any atom is -0.481 e. The molecule has 5 rings (SSSR count). The summed E-state index contributed by atoms with van der Waals surface area (Å²) in [5.74, 6) is -1.22. The molecule has 3 aromatic rings. The monoisotopic (exact) mass is 796 g/mol. The molecular formula is C35H46N3O10S4+. The molecule has 2 aliphatic heterocycles. The molecule has 1 saturated heterocycles. The van der Waals surface area contributed by atoms with Crippen molar-refractivity contribution in [3.05, 3.63) is 64.8 Å². The SMILES string of the molecule is CC1(C)/C(=C\C=C\c2sc3cc(S(=O)(=O)N4CCCCC4)ccc3[n+]2CCCCS(=O)(=O)O)N(CCCCCC(=O)O)c2ccc(S(=O)(=O)O)cc21. The summed E-state index contributed by atoms with van der Waals surface area (Å²) in [6.07, 6.45) is 11.0. The predicted molar refractivity (Wildman–Crippen MR) is 200 cm³/mol. The predicted octanol–water partition coefficient (Wildman–Crippen LogP) is 5.62.